The first-order chi connectivity index (χ1) is 15.7. The van der Waals surface area contributed by atoms with Crippen molar-refractivity contribution in [3.8, 4) is 23.3 Å². The number of nitrogens with one attached hydrogen (secondary N) is 1. The summed E-state index contributed by atoms with van der Waals surface area (Å²) in [5, 5.41) is 9.21. The average Bonchev–Trinajstić information content (AvgIpc) is 3.09. The summed E-state index contributed by atoms with van der Waals surface area (Å²) in [7, 11) is -1.98. The molecule has 1 N–H and O–H groups in total. The fraction of sp³-hybridized carbons (Fsp3) is 0.429. The number of pyridine rings is 2. The van der Waals surface area contributed by atoms with Crippen LogP contribution in [0.15, 0.2) is 28.0 Å². The van der Waals surface area contributed by atoms with E-state index < -0.39 is 32.8 Å². The molecule has 0 bridgehead atoms. The van der Waals surface area contributed by atoms with Gasteiger partial charge in [-0.25, -0.2) is 19.0 Å². The van der Waals surface area contributed by atoms with Crippen molar-refractivity contribution < 1.29 is 22.1 Å². The number of hydrogen-bond donors (Lipinski definition) is 1. The van der Waals surface area contributed by atoms with E-state index in [1.807, 2.05) is 6.07 Å². The van der Waals surface area contributed by atoms with Crippen LogP contribution in [0, 0.1) is 16.1 Å². The maximum atomic E-state index is 13.5. The van der Waals surface area contributed by atoms with Crippen LogP contribution in [-0.2, 0) is 29.5 Å². The molecule has 0 aliphatic rings. The molecule has 0 unspecified atom stereocenters. The third-order valence-corrected chi connectivity index (χ3v) is 7.02. The van der Waals surface area contributed by atoms with E-state index >= 15 is 0 Å². The third kappa shape index (κ3) is 4.37. The zero-order valence-electron chi connectivity index (χ0n) is 19.1. The highest BCUT2D eigenvalue weighted by atomic mass is 32.2. The molecule has 0 aliphatic carbocycles. The van der Waals surface area contributed by atoms with Crippen LogP contribution < -0.4 is 10.3 Å². The van der Waals surface area contributed by atoms with Gasteiger partial charge in [-0.1, -0.05) is 6.92 Å². The van der Waals surface area contributed by atoms with Gasteiger partial charge in [-0.15, -0.1) is 0 Å². The smallest absolute Gasteiger partial charge is 0.431 e. The normalized spacial score (nSPS) is 14.1. The molecular formula is C21H23F3N6O3S. The van der Waals surface area contributed by atoms with E-state index in [9.17, 15) is 27.4 Å². The van der Waals surface area contributed by atoms with Crippen molar-refractivity contribution in [1.29, 1.82) is 10.0 Å². The van der Waals surface area contributed by atoms with Gasteiger partial charge in [0, 0.05) is 25.4 Å². The van der Waals surface area contributed by atoms with E-state index in [2.05, 4.69) is 9.97 Å². The van der Waals surface area contributed by atoms with Crippen molar-refractivity contribution in [2.24, 2.45) is 7.05 Å². The number of fused-ring (bicyclic) bond motifs is 1. The van der Waals surface area contributed by atoms with Gasteiger partial charge in [-0.3, -0.25) is 4.79 Å². The van der Waals surface area contributed by atoms with Gasteiger partial charge in [0.05, 0.1) is 26.3 Å². The highest BCUT2D eigenvalue weighted by molar-refractivity contribution is 7.92. The predicted octanol–water partition coefficient (Wildman–Crippen LogP) is 3.94. The number of aryl methyl sites for hydroxylation is 1. The Balaban J connectivity index is 2.35. The summed E-state index contributed by atoms with van der Waals surface area (Å²) in [5.74, 6) is -0.0220. The molecular weight excluding hydrogens is 473 g/mol. The number of alkyl halides is 3. The van der Waals surface area contributed by atoms with E-state index in [4.69, 9.17) is 9.52 Å². The minimum atomic E-state index is -4.77. The van der Waals surface area contributed by atoms with Crippen LogP contribution >= 0.6 is 0 Å². The van der Waals surface area contributed by atoms with Crippen molar-refractivity contribution in [1.82, 2.24) is 19.1 Å². The number of rotatable bonds is 6. The minimum absolute atomic E-state index is 0.0244. The molecule has 0 aromatic carbocycles. The van der Waals surface area contributed by atoms with Crippen LogP contribution in [-0.4, -0.2) is 34.7 Å². The first-order valence-electron chi connectivity index (χ1n) is 10.2. The van der Waals surface area contributed by atoms with Gasteiger partial charge < -0.3 is 13.9 Å². The molecule has 3 heterocycles. The fourth-order valence-electron chi connectivity index (χ4n) is 3.45. The second-order valence-electron chi connectivity index (χ2n) is 8.01. The lowest BCUT2D eigenvalue weighted by molar-refractivity contribution is -0.144. The maximum Gasteiger partial charge on any atom is 0.431 e. The van der Waals surface area contributed by atoms with Crippen molar-refractivity contribution in [2.45, 2.75) is 50.9 Å². The Morgan fingerprint density at radius 1 is 1.26 bits per heavy atom. The molecule has 3 aromatic heterocycles. The predicted molar refractivity (Wildman–Crippen MR) is 119 cm³/mol. The van der Waals surface area contributed by atoms with Crippen LogP contribution in [0.2, 0.25) is 0 Å². The monoisotopic (exact) mass is 496 g/mol. The second-order valence-corrected chi connectivity index (χ2v) is 10.4. The summed E-state index contributed by atoms with van der Waals surface area (Å²) >= 11 is 0. The summed E-state index contributed by atoms with van der Waals surface area (Å²) in [5.41, 5.74) is -3.56. The molecule has 0 saturated heterocycles. The molecule has 0 radical (unpaired) electrons. The number of nitrogens with zero attached hydrogens (tertiary/aromatic N) is 5. The lowest BCUT2D eigenvalue weighted by atomic mass is 10.2. The van der Waals surface area contributed by atoms with Crippen LogP contribution in [0.4, 0.5) is 13.2 Å². The fourth-order valence-corrected chi connectivity index (χ4v) is 4.53. The van der Waals surface area contributed by atoms with Crippen molar-refractivity contribution in [3.05, 3.63) is 34.4 Å². The van der Waals surface area contributed by atoms with E-state index in [0.29, 0.717) is 4.57 Å². The quantitative estimate of drug-likeness (QED) is 0.551. The Hall–Kier alpha value is -3.40. The molecule has 0 fully saturated rings. The van der Waals surface area contributed by atoms with E-state index in [-0.39, 0.29) is 45.5 Å². The minimum Gasteiger partial charge on any atom is -0.471 e. The molecule has 0 amide bonds. The first-order valence-corrected chi connectivity index (χ1v) is 11.9. The van der Waals surface area contributed by atoms with Crippen LogP contribution in [0.5, 0.6) is 5.75 Å². The number of halogens is 3. The van der Waals surface area contributed by atoms with Crippen LogP contribution in [0.25, 0.3) is 22.6 Å². The molecule has 3 rings (SSSR count). The first kappa shape index (κ1) is 25.2. The van der Waals surface area contributed by atoms with Crippen molar-refractivity contribution in [2.75, 3.05) is 5.75 Å². The zero-order chi connectivity index (χ0) is 25.6. The molecule has 9 nitrogen and oxygen atoms in total. The highest BCUT2D eigenvalue weighted by Gasteiger charge is 2.36. The second kappa shape index (κ2) is 8.43. The number of imidazole rings is 1. The number of nitriles is 1. The van der Waals surface area contributed by atoms with E-state index in [1.54, 1.807) is 0 Å². The lowest BCUT2D eigenvalue weighted by Crippen LogP contribution is -2.28. The summed E-state index contributed by atoms with van der Waals surface area (Å²) in [6, 6.07) is 4.05. The van der Waals surface area contributed by atoms with Gasteiger partial charge in [0.1, 0.15) is 28.7 Å². The lowest BCUT2D eigenvalue weighted by Gasteiger charge is -2.19. The number of aromatic nitrogens is 4. The average molecular weight is 497 g/mol. The van der Waals surface area contributed by atoms with Gasteiger partial charge >= 0.3 is 6.18 Å². The Bertz CT molecular complexity index is 1480. The molecule has 182 valence electrons. The summed E-state index contributed by atoms with van der Waals surface area (Å²) in [6.45, 7) is 5.79. The van der Waals surface area contributed by atoms with Gasteiger partial charge in [0.15, 0.2) is 11.4 Å². The Morgan fingerprint density at radius 3 is 2.44 bits per heavy atom. The number of ether oxygens (including phenoxy) is 1. The highest BCUT2D eigenvalue weighted by Crippen LogP contribution is 2.34. The zero-order valence-corrected chi connectivity index (χ0v) is 20.0. The van der Waals surface area contributed by atoms with Gasteiger partial charge in [-0.05, 0) is 26.8 Å². The molecule has 13 heteroatoms. The largest absolute Gasteiger partial charge is 0.471 e. The van der Waals surface area contributed by atoms with E-state index in [0.717, 1.165) is 6.07 Å². The molecule has 3 aromatic rings. The molecule has 0 saturated carbocycles. The maximum absolute atomic E-state index is 13.5. The Morgan fingerprint density at radius 2 is 1.91 bits per heavy atom. The van der Waals surface area contributed by atoms with Crippen LogP contribution in [0.3, 0.4) is 0 Å². The van der Waals surface area contributed by atoms with Crippen molar-refractivity contribution >= 4 is 20.8 Å². The summed E-state index contributed by atoms with van der Waals surface area (Å²) in [4.78, 5) is 21.3. The van der Waals surface area contributed by atoms with Gasteiger partial charge in [0.2, 0.25) is 0 Å². The summed E-state index contributed by atoms with van der Waals surface area (Å²) in [6.07, 6.45) is -3.53. The molecule has 0 aliphatic heterocycles. The third-order valence-electron chi connectivity index (χ3n) is 5.18. The molecule has 34 heavy (non-hydrogen) atoms. The molecule has 0 spiro atoms. The van der Waals surface area contributed by atoms with Gasteiger partial charge in [-0.2, -0.15) is 18.4 Å². The van der Waals surface area contributed by atoms with E-state index in [1.165, 1.54) is 51.6 Å². The Kier molecular flexibility index (Phi) is 6.25. The topological polar surface area (TPSA) is 127 Å². The van der Waals surface area contributed by atoms with Gasteiger partial charge in [0.25, 0.3) is 5.56 Å². The SMILES string of the molecule is CCn1c(C(F)(F)F)cc2nc(-c3ncc(OC(C)(C)C#N)cc3[S@](=N)(=O)CC)n(C)c2c1=O. The van der Waals surface area contributed by atoms with Crippen molar-refractivity contribution in [3.63, 3.8) is 0 Å². The molecule has 1 atom stereocenters. The standard InChI is InChI=1S/C21H23F3N6O3S/c1-6-30-15(21(22,23)24)9-13-17(19(30)31)29(5)18(28-13)16-14(34(26,32)7-2)8-12(10-27-16)33-20(3,4)11-25/h8-10,26H,6-7H2,1-5H3/t34-/m1/s1. The van der Waals surface area contributed by atoms with Crippen LogP contribution in [0.1, 0.15) is 33.4 Å². The Labute approximate surface area is 193 Å². The summed E-state index contributed by atoms with van der Waals surface area (Å²) < 4.78 is 69.5. The number of hydrogen-bond acceptors (Lipinski definition) is 7.